The highest BCUT2D eigenvalue weighted by molar-refractivity contribution is 5.70. The Bertz CT molecular complexity index is 258. The molecule has 0 saturated carbocycles. The smallest absolute Gasteiger partial charge is 0.408 e. The number of nitrogens with one attached hydrogen (secondary N) is 1. The Balaban J connectivity index is 2.65. The van der Waals surface area contributed by atoms with Crippen LogP contribution in [0, 0.1) is 5.53 Å². The zero-order valence-corrected chi connectivity index (χ0v) is 5.65. The molecular formula is C7H6N2O2. The van der Waals surface area contributed by atoms with Crippen molar-refractivity contribution >= 4 is 6.09 Å². The van der Waals surface area contributed by atoms with Crippen LogP contribution >= 0.6 is 0 Å². The molecule has 0 unspecified atom stereocenters. The summed E-state index contributed by atoms with van der Waals surface area (Å²) in [7, 11) is 0. The van der Waals surface area contributed by atoms with E-state index in [0.29, 0.717) is 5.75 Å². The predicted octanol–water partition coefficient (Wildman–Crippen LogP) is 2.22. The average Bonchev–Trinajstić information content (AvgIpc) is 2.06. The fourth-order valence-corrected chi connectivity index (χ4v) is 0.612. The van der Waals surface area contributed by atoms with Gasteiger partial charge >= 0.3 is 6.09 Å². The third kappa shape index (κ3) is 2.17. The summed E-state index contributed by atoms with van der Waals surface area (Å²) >= 11 is 0. The minimum absolute atomic E-state index is 0.397. The van der Waals surface area contributed by atoms with E-state index >= 15 is 0 Å². The first-order valence-electron chi connectivity index (χ1n) is 2.97. The molecule has 4 heteroatoms. The first kappa shape index (κ1) is 7.40. The molecule has 0 aliphatic rings. The molecule has 0 saturated heterocycles. The van der Waals surface area contributed by atoms with Crippen molar-refractivity contribution in [3.8, 4) is 5.75 Å². The predicted molar refractivity (Wildman–Crippen MR) is 37.6 cm³/mol. The highest BCUT2D eigenvalue weighted by Crippen LogP contribution is 2.08. The van der Waals surface area contributed by atoms with Crippen molar-refractivity contribution in [3.63, 3.8) is 0 Å². The summed E-state index contributed by atoms with van der Waals surface area (Å²) in [6, 6.07) is 8.49. The van der Waals surface area contributed by atoms with Crippen LogP contribution in [0.5, 0.6) is 5.75 Å². The van der Waals surface area contributed by atoms with E-state index in [-0.39, 0.29) is 0 Å². The topological polar surface area (TPSA) is 62.5 Å². The number of benzene rings is 1. The molecule has 0 atom stereocenters. The molecule has 1 rings (SSSR count). The van der Waals surface area contributed by atoms with E-state index in [9.17, 15) is 4.79 Å². The second-order valence-electron chi connectivity index (χ2n) is 1.79. The Labute approximate surface area is 63.3 Å². The molecule has 4 nitrogen and oxygen atoms in total. The van der Waals surface area contributed by atoms with Crippen LogP contribution in [0.15, 0.2) is 35.4 Å². The maximum atomic E-state index is 10.4. The van der Waals surface area contributed by atoms with Crippen molar-refractivity contribution < 1.29 is 9.53 Å². The summed E-state index contributed by atoms with van der Waals surface area (Å²) in [6.45, 7) is 0. The summed E-state index contributed by atoms with van der Waals surface area (Å²) < 4.78 is 4.57. The zero-order chi connectivity index (χ0) is 8.10. The maximum absolute atomic E-state index is 10.4. The van der Waals surface area contributed by atoms with Gasteiger partial charge in [0.15, 0.2) is 0 Å². The summed E-state index contributed by atoms with van der Waals surface area (Å²) in [5, 5.41) is 2.57. The number of carbonyl (C=O) groups excluding carboxylic acids is 1. The van der Waals surface area contributed by atoms with Crippen LogP contribution in [-0.4, -0.2) is 6.09 Å². The Morgan fingerprint density at radius 3 is 2.55 bits per heavy atom. The van der Waals surface area contributed by atoms with Gasteiger partial charge in [0.25, 0.3) is 0 Å². The standard InChI is InChI=1S/C7H6N2O2/c8-9-7(10)11-6-4-2-1-3-5-6/h1-5,8H. The Morgan fingerprint density at radius 1 is 1.36 bits per heavy atom. The lowest BCUT2D eigenvalue weighted by atomic mass is 10.3. The molecule has 0 aliphatic heterocycles. The van der Waals surface area contributed by atoms with Crippen LogP contribution < -0.4 is 4.74 Å². The lowest BCUT2D eigenvalue weighted by Crippen LogP contribution is -1.99. The van der Waals surface area contributed by atoms with Crippen LogP contribution in [0.1, 0.15) is 0 Å². The van der Waals surface area contributed by atoms with Gasteiger partial charge in [-0.15, -0.1) is 0 Å². The third-order valence-electron chi connectivity index (χ3n) is 1.04. The average molecular weight is 150 g/mol. The van der Waals surface area contributed by atoms with Gasteiger partial charge in [-0.05, 0) is 12.1 Å². The van der Waals surface area contributed by atoms with Crippen LogP contribution in [0.2, 0.25) is 0 Å². The van der Waals surface area contributed by atoms with Crippen LogP contribution in [0.25, 0.3) is 0 Å². The summed E-state index contributed by atoms with van der Waals surface area (Å²) in [4.78, 5) is 10.4. The van der Waals surface area contributed by atoms with Crippen molar-refractivity contribution in [2.45, 2.75) is 0 Å². The molecule has 1 N–H and O–H groups in total. The van der Waals surface area contributed by atoms with Crippen LogP contribution in [0.4, 0.5) is 4.79 Å². The van der Waals surface area contributed by atoms with Crippen molar-refractivity contribution in [3.05, 3.63) is 30.3 Å². The number of amides is 1. The molecule has 11 heavy (non-hydrogen) atoms. The normalized spacial score (nSPS) is 8.73. The third-order valence-corrected chi connectivity index (χ3v) is 1.04. The van der Waals surface area contributed by atoms with E-state index < -0.39 is 6.09 Å². The van der Waals surface area contributed by atoms with Gasteiger partial charge in [0.05, 0.1) is 0 Å². The Hall–Kier alpha value is -1.71. The first-order valence-corrected chi connectivity index (χ1v) is 2.97. The largest absolute Gasteiger partial charge is 0.457 e. The van der Waals surface area contributed by atoms with Crippen LogP contribution in [0.3, 0.4) is 0 Å². The van der Waals surface area contributed by atoms with Gasteiger partial charge in [-0.3, -0.25) is 0 Å². The SMILES string of the molecule is N=NC(=O)Oc1ccccc1. The Kier molecular flexibility index (Phi) is 2.32. The van der Waals surface area contributed by atoms with Gasteiger partial charge in [-0.1, -0.05) is 23.3 Å². The molecule has 0 aliphatic carbocycles. The van der Waals surface area contributed by atoms with Gasteiger partial charge in [0.2, 0.25) is 0 Å². The minimum atomic E-state index is -0.906. The van der Waals surface area contributed by atoms with E-state index in [0.717, 1.165) is 0 Å². The molecule has 0 radical (unpaired) electrons. The van der Waals surface area contributed by atoms with Gasteiger partial charge in [0.1, 0.15) is 5.75 Å². The lowest BCUT2D eigenvalue weighted by molar-refractivity contribution is 0.208. The van der Waals surface area contributed by atoms with Gasteiger partial charge in [0, 0.05) is 0 Å². The second kappa shape index (κ2) is 3.46. The molecule has 0 spiro atoms. The molecule has 0 heterocycles. The molecule has 0 fully saturated rings. The van der Waals surface area contributed by atoms with E-state index in [1.54, 1.807) is 30.3 Å². The number of hydrogen-bond acceptors (Lipinski definition) is 3. The fourth-order valence-electron chi connectivity index (χ4n) is 0.612. The van der Waals surface area contributed by atoms with Crippen molar-refractivity contribution in [2.75, 3.05) is 0 Å². The Morgan fingerprint density at radius 2 is 2.00 bits per heavy atom. The number of carbonyl (C=O) groups is 1. The first-order chi connectivity index (χ1) is 5.33. The molecule has 0 bridgehead atoms. The van der Waals surface area contributed by atoms with Crippen LogP contribution in [-0.2, 0) is 0 Å². The molecule has 1 aromatic carbocycles. The number of ether oxygens (including phenoxy) is 1. The van der Waals surface area contributed by atoms with Gasteiger partial charge in [-0.25, -0.2) is 4.79 Å². The molecule has 56 valence electrons. The number of hydrogen-bond donors (Lipinski definition) is 1. The molecule has 1 amide bonds. The fraction of sp³-hybridized carbons (Fsp3) is 0. The molecule has 0 aromatic heterocycles. The molecular weight excluding hydrogens is 144 g/mol. The monoisotopic (exact) mass is 150 g/mol. The minimum Gasteiger partial charge on any atom is -0.408 e. The van der Waals surface area contributed by atoms with E-state index in [4.69, 9.17) is 5.53 Å². The highest BCUT2D eigenvalue weighted by atomic mass is 16.5. The summed E-state index contributed by atoms with van der Waals surface area (Å²) in [6.07, 6.45) is -0.906. The lowest BCUT2D eigenvalue weighted by Gasteiger charge is -1.96. The highest BCUT2D eigenvalue weighted by Gasteiger charge is 1.98. The van der Waals surface area contributed by atoms with Crippen molar-refractivity contribution in [1.82, 2.24) is 0 Å². The van der Waals surface area contributed by atoms with Gasteiger partial charge < -0.3 is 4.74 Å². The second-order valence-corrected chi connectivity index (χ2v) is 1.79. The van der Waals surface area contributed by atoms with Gasteiger partial charge in [-0.2, -0.15) is 5.53 Å². The number of nitrogens with zero attached hydrogens (tertiary/aromatic N) is 1. The molecule has 1 aromatic rings. The van der Waals surface area contributed by atoms with E-state index in [1.807, 2.05) is 0 Å². The number of para-hydroxylation sites is 1. The maximum Gasteiger partial charge on any atom is 0.457 e. The summed E-state index contributed by atoms with van der Waals surface area (Å²) in [5.74, 6) is 0.397. The van der Waals surface area contributed by atoms with Crippen molar-refractivity contribution in [1.29, 1.82) is 5.53 Å². The number of rotatable bonds is 1. The quantitative estimate of drug-likeness (QED) is 0.624. The zero-order valence-electron chi connectivity index (χ0n) is 5.65. The van der Waals surface area contributed by atoms with Crippen molar-refractivity contribution in [2.24, 2.45) is 5.11 Å². The van der Waals surface area contributed by atoms with E-state index in [2.05, 4.69) is 9.85 Å². The van der Waals surface area contributed by atoms with E-state index in [1.165, 1.54) is 0 Å². The summed E-state index contributed by atoms with van der Waals surface area (Å²) in [5.41, 5.74) is 6.31.